The van der Waals surface area contributed by atoms with Crippen LogP contribution in [0.1, 0.15) is 13.8 Å². The van der Waals surface area contributed by atoms with Gasteiger partial charge in [-0.15, -0.1) is 0 Å². The van der Waals surface area contributed by atoms with E-state index in [1.807, 2.05) is 6.92 Å². The summed E-state index contributed by atoms with van der Waals surface area (Å²) in [7, 11) is -10.0. The molecule has 4 rings (SSSR count). The van der Waals surface area contributed by atoms with Gasteiger partial charge in [0.15, 0.2) is 6.04 Å². The van der Waals surface area contributed by atoms with E-state index in [1.54, 1.807) is 0 Å². The number of azo groups is 1. The molecule has 1 aliphatic rings. The maximum atomic E-state index is 13.2. The summed E-state index contributed by atoms with van der Waals surface area (Å²) in [4.78, 5) is 23.4. The van der Waals surface area contributed by atoms with E-state index in [0.717, 1.165) is 29.3 Å². The number of hydrogen-bond donors (Lipinski definition) is 1. The molecule has 0 saturated carbocycles. The van der Waals surface area contributed by atoms with Gasteiger partial charge in [0.05, 0.1) is 37.8 Å². The van der Waals surface area contributed by atoms with Gasteiger partial charge in [0.1, 0.15) is 32.5 Å². The van der Waals surface area contributed by atoms with Crippen molar-refractivity contribution in [2.24, 2.45) is 15.3 Å². The fourth-order valence-electron chi connectivity index (χ4n) is 3.66. The van der Waals surface area contributed by atoms with E-state index in [0.29, 0.717) is 6.61 Å². The number of rotatable bonds is 12. The van der Waals surface area contributed by atoms with Gasteiger partial charge in [0.2, 0.25) is 11.2 Å². The molecule has 3 aromatic rings. The van der Waals surface area contributed by atoms with Crippen LogP contribution in [-0.2, 0) is 29.8 Å². The first-order valence-corrected chi connectivity index (χ1v) is 16.3. The normalized spacial score (nSPS) is 14.9. The second-order valence-corrected chi connectivity index (χ2v) is 12.6. The smallest absolute Gasteiger partial charge is 0.744 e. The summed E-state index contributed by atoms with van der Waals surface area (Å²) in [6.45, 7) is 4.09. The number of hydrogen-bond acceptors (Lipinski definition) is 16. The molecule has 2 aromatic carbocycles. The van der Waals surface area contributed by atoms with Gasteiger partial charge in [0, 0.05) is 12.3 Å². The van der Waals surface area contributed by atoms with Crippen molar-refractivity contribution in [3.63, 3.8) is 0 Å². The quantitative estimate of drug-likeness (QED) is 0.0883. The van der Waals surface area contributed by atoms with Gasteiger partial charge in [-0.1, -0.05) is 23.2 Å². The molecule has 1 atom stereocenters. The predicted octanol–water partition coefficient (Wildman–Crippen LogP) is -2.32. The number of nitrogens with zero attached hydrogens (tertiary/aromatic N) is 7. The van der Waals surface area contributed by atoms with Crippen molar-refractivity contribution in [3.8, 4) is 6.01 Å². The molecule has 1 N–H and O–H groups in total. The molecular weight excluding hydrogens is 749 g/mol. The Bertz CT molecular complexity index is 1940. The Morgan fingerprint density at radius 3 is 2.28 bits per heavy atom. The number of benzene rings is 2. The maximum absolute atomic E-state index is 13.2. The van der Waals surface area contributed by atoms with Crippen molar-refractivity contribution in [2.75, 3.05) is 30.1 Å². The number of nitrogens with one attached hydrogen (secondary N) is 1. The fourth-order valence-corrected chi connectivity index (χ4v) is 5.71. The molecule has 1 aromatic heterocycles. The van der Waals surface area contributed by atoms with E-state index < -0.39 is 52.7 Å². The summed E-state index contributed by atoms with van der Waals surface area (Å²) in [5.41, 5.74) is -0.414. The molecule has 240 valence electrons. The van der Waals surface area contributed by atoms with Crippen LogP contribution in [0.3, 0.4) is 0 Å². The van der Waals surface area contributed by atoms with Crippen LogP contribution in [0, 0.1) is 0 Å². The third-order valence-corrected chi connectivity index (χ3v) is 8.27. The van der Waals surface area contributed by atoms with Crippen molar-refractivity contribution in [1.82, 2.24) is 15.0 Å². The van der Waals surface area contributed by atoms with Crippen molar-refractivity contribution in [3.05, 3.63) is 45.7 Å². The second kappa shape index (κ2) is 17.4. The van der Waals surface area contributed by atoms with Crippen LogP contribution in [0.2, 0.25) is 15.3 Å². The number of aromatic nitrogens is 3. The minimum absolute atomic E-state index is 0. The molecule has 1 amide bonds. The molecule has 2 heterocycles. The molecule has 0 fully saturated rings. The molecule has 17 nitrogen and oxygen atoms in total. The minimum Gasteiger partial charge on any atom is -0.744 e. The number of ether oxygens (including phenoxy) is 2. The largest absolute Gasteiger partial charge is 1.00 e. The molecule has 1 unspecified atom stereocenters. The standard InChI is InChI=1S/C23H21Cl3N8O9S2.2Na/c1-3-42-6-7-43-23-29-21(26)28-22(30-23)27-12-4-5-17(44(36,37)38)15(8-12)31-32-19-11(2)33-34(20(19)35)16-9-14(25)18(10-13(16)24)45(39,40)41;;/h4-5,8-10,19H,3,6-7H2,1-2H3,(H,36,37,38)(H,39,40,41)(H,27,28,29,30);;/q;2*+1/p-2. The third kappa shape index (κ3) is 10.7. The van der Waals surface area contributed by atoms with Crippen LogP contribution in [0.25, 0.3) is 0 Å². The van der Waals surface area contributed by atoms with E-state index in [1.165, 1.54) is 13.0 Å². The molecule has 1 aliphatic heterocycles. The first-order chi connectivity index (χ1) is 21.1. The minimum atomic E-state index is -5.06. The molecule has 0 spiro atoms. The molecule has 0 bridgehead atoms. The van der Waals surface area contributed by atoms with Crippen LogP contribution < -0.4 is 74.2 Å². The summed E-state index contributed by atoms with van der Waals surface area (Å²) in [6, 6.07) is 3.50. The van der Waals surface area contributed by atoms with Gasteiger partial charge >= 0.3 is 65.1 Å². The Hall–Kier alpha value is -1.56. The number of carbonyl (C=O) groups is 1. The molecule has 24 heteroatoms. The van der Waals surface area contributed by atoms with Gasteiger partial charge in [-0.05, 0) is 55.8 Å². The Balaban J connectivity index is 0.00000384. The number of carbonyl (C=O) groups excluding carboxylic acids is 1. The molecule has 0 saturated heterocycles. The zero-order valence-corrected chi connectivity index (χ0v) is 32.7. The Morgan fingerprint density at radius 1 is 0.957 bits per heavy atom. The molecule has 0 radical (unpaired) electrons. The van der Waals surface area contributed by atoms with E-state index in [4.69, 9.17) is 44.3 Å². The summed E-state index contributed by atoms with van der Waals surface area (Å²) in [5, 5.41) is 14.2. The fraction of sp³-hybridized carbons (Fsp3) is 0.261. The number of anilines is 3. The van der Waals surface area contributed by atoms with E-state index in [2.05, 4.69) is 35.6 Å². The van der Waals surface area contributed by atoms with Crippen molar-refractivity contribution in [1.29, 1.82) is 0 Å². The van der Waals surface area contributed by atoms with Gasteiger partial charge in [-0.3, -0.25) is 4.79 Å². The summed E-state index contributed by atoms with van der Waals surface area (Å²) >= 11 is 18.0. The van der Waals surface area contributed by atoms with Crippen LogP contribution in [-0.4, -0.2) is 78.4 Å². The first kappa shape index (κ1) is 41.6. The van der Waals surface area contributed by atoms with Crippen LogP contribution in [0.4, 0.5) is 23.0 Å². The van der Waals surface area contributed by atoms with Crippen molar-refractivity contribution in [2.45, 2.75) is 29.7 Å². The molecular formula is C23H19Cl3N8Na2O9S2. The average molecular weight is 768 g/mol. The third-order valence-electron chi connectivity index (χ3n) is 5.61. The number of amides is 1. The van der Waals surface area contributed by atoms with Gasteiger partial charge in [-0.2, -0.15) is 35.3 Å². The molecule has 47 heavy (non-hydrogen) atoms. The van der Waals surface area contributed by atoms with E-state index >= 15 is 0 Å². The SMILES string of the molecule is CCOCCOc1nc(Cl)nc(Nc2ccc(S(=O)(=O)[O-])c(N=NC3C(=O)N(c4cc(Cl)c(S(=O)(=O)[O-])cc4Cl)N=C3C)c2)n1.[Na+].[Na+]. The monoisotopic (exact) mass is 766 g/mol. The van der Waals surface area contributed by atoms with E-state index in [-0.39, 0.29) is 112 Å². The Morgan fingerprint density at radius 2 is 1.64 bits per heavy atom. The van der Waals surface area contributed by atoms with E-state index in [9.17, 15) is 30.7 Å². The zero-order valence-electron chi connectivity index (χ0n) is 24.8. The topological polar surface area (TPSA) is 241 Å². The molecule has 0 aliphatic carbocycles. The van der Waals surface area contributed by atoms with Crippen LogP contribution in [0.5, 0.6) is 6.01 Å². The van der Waals surface area contributed by atoms with Crippen molar-refractivity contribution >= 4 is 89.7 Å². The summed E-state index contributed by atoms with van der Waals surface area (Å²) in [6.07, 6.45) is 0. The zero-order chi connectivity index (χ0) is 33.1. The number of halogens is 3. The van der Waals surface area contributed by atoms with Gasteiger partial charge in [0.25, 0.3) is 5.91 Å². The maximum Gasteiger partial charge on any atom is 1.00 e. The predicted molar refractivity (Wildman–Crippen MR) is 158 cm³/mol. The second-order valence-electron chi connectivity index (χ2n) is 8.72. The first-order valence-electron chi connectivity index (χ1n) is 12.3. The van der Waals surface area contributed by atoms with Crippen LogP contribution >= 0.6 is 34.8 Å². The van der Waals surface area contributed by atoms with Gasteiger partial charge < -0.3 is 23.9 Å². The Labute approximate surface area is 327 Å². The number of hydrazone groups is 1. The average Bonchev–Trinajstić information content (AvgIpc) is 3.22. The van der Waals surface area contributed by atoms with Gasteiger partial charge in [-0.25, -0.2) is 16.8 Å². The van der Waals surface area contributed by atoms with Crippen LogP contribution in [0.15, 0.2) is 55.5 Å². The Kier molecular flexibility index (Phi) is 15.4. The summed E-state index contributed by atoms with van der Waals surface area (Å²) in [5.74, 6) is -0.942. The van der Waals surface area contributed by atoms with Crippen molar-refractivity contribution < 1.29 is 99.3 Å². The summed E-state index contributed by atoms with van der Waals surface area (Å²) < 4.78 is 80.6.